The van der Waals surface area contributed by atoms with Gasteiger partial charge in [-0.05, 0) is 42.4 Å². The minimum absolute atomic E-state index is 0.125. The molecule has 0 spiro atoms. The van der Waals surface area contributed by atoms with Crippen molar-refractivity contribution in [2.75, 3.05) is 0 Å². The Bertz CT molecular complexity index is 864. The first-order valence-corrected chi connectivity index (χ1v) is 9.95. The van der Waals surface area contributed by atoms with E-state index in [1.54, 1.807) is 12.4 Å². The van der Waals surface area contributed by atoms with Gasteiger partial charge in [-0.25, -0.2) is 15.0 Å². The molecule has 138 valence electrons. The lowest BCUT2D eigenvalue weighted by Crippen LogP contribution is -2.09. The predicted molar refractivity (Wildman–Crippen MR) is 107 cm³/mol. The van der Waals surface area contributed by atoms with Gasteiger partial charge < -0.3 is 0 Å². The summed E-state index contributed by atoms with van der Waals surface area (Å²) in [6.45, 7) is 0. The third-order valence-corrected chi connectivity index (χ3v) is 5.65. The Balaban J connectivity index is 1.41. The zero-order valence-electron chi connectivity index (χ0n) is 15.6. The van der Waals surface area contributed by atoms with Crippen LogP contribution in [0.2, 0.25) is 0 Å². The number of hydrogen-bond acceptors (Lipinski definition) is 4. The number of aromatic nitrogens is 2. The average Bonchev–Trinajstić information content (AvgIpc) is 3.24. The second kappa shape index (κ2) is 8.38. The monoisotopic (exact) mass is 359 g/mol. The number of hydrogen-bond donors (Lipinski definition) is 0. The van der Waals surface area contributed by atoms with Gasteiger partial charge in [-0.3, -0.25) is 4.79 Å². The van der Waals surface area contributed by atoms with Gasteiger partial charge in [0.2, 0.25) is 0 Å². The molecule has 2 aliphatic rings. The normalized spacial score (nSPS) is 17.5. The number of carbonyl (C=O) groups excluding carboxylic acids is 1. The second-order valence-corrected chi connectivity index (χ2v) is 7.44. The van der Waals surface area contributed by atoms with Crippen LogP contribution in [0.15, 0.2) is 59.8 Å². The van der Waals surface area contributed by atoms with E-state index < -0.39 is 0 Å². The minimum Gasteiger partial charge on any atom is -0.292 e. The number of aliphatic imine (C=N–C) groups is 1. The zero-order chi connectivity index (χ0) is 18.5. The molecule has 4 heteroatoms. The van der Waals surface area contributed by atoms with Crippen LogP contribution in [0.3, 0.4) is 0 Å². The molecule has 0 bridgehead atoms. The Morgan fingerprint density at radius 2 is 1.81 bits per heavy atom. The number of aryl methyl sites for hydroxylation is 1. The first-order valence-electron chi connectivity index (χ1n) is 9.95. The lowest BCUT2D eigenvalue weighted by Gasteiger charge is -2.24. The molecule has 4 rings (SSSR count). The molecule has 0 radical (unpaired) electrons. The Morgan fingerprint density at radius 1 is 1.04 bits per heavy atom. The van der Waals surface area contributed by atoms with Crippen LogP contribution in [0.1, 0.15) is 67.6 Å². The molecule has 4 nitrogen and oxygen atoms in total. The highest BCUT2D eigenvalue weighted by Crippen LogP contribution is 2.34. The van der Waals surface area contributed by atoms with Gasteiger partial charge in [0.15, 0.2) is 5.78 Å². The van der Waals surface area contributed by atoms with Gasteiger partial charge in [-0.2, -0.15) is 0 Å². The topological polar surface area (TPSA) is 55.2 Å². The van der Waals surface area contributed by atoms with Crippen molar-refractivity contribution >= 4 is 11.5 Å². The fraction of sp³-hybridized carbons (Fsp3) is 0.391. The number of nitrogens with zero attached hydrogens (tertiary/aromatic N) is 3. The molecule has 0 unspecified atom stereocenters. The van der Waals surface area contributed by atoms with E-state index >= 15 is 0 Å². The summed E-state index contributed by atoms with van der Waals surface area (Å²) in [5.74, 6) is 0.791. The van der Waals surface area contributed by atoms with Crippen molar-refractivity contribution in [1.29, 1.82) is 0 Å². The van der Waals surface area contributed by atoms with Gasteiger partial charge in [0.1, 0.15) is 12.0 Å². The largest absolute Gasteiger partial charge is 0.292 e. The molecule has 2 aromatic rings. The number of benzene rings is 1. The highest BCUT2D eigenvalue weighted by Gasteiger charge is 2.20. The molecule has 1 aromatic heterocycles. The molecule has 1 fully saturated rings. The molecule has 1 saturated carbocycles. The van der Waals surface area contributed by atoms with Gasteiger partial charge in [0, 0.05) is 30.8 Å². The van der Waals surface area contributed by atoms with Gasteiger partial charge in [0.05, 0.1) is 5.71 Å². The third-order valence-electron chi connectivity index (χ3n) is 5.65. The molecular formula is C23H25N3O. The summed E-state index contributed by atoms with van der Waals surface area (Å²) >= 11 is 0. The van der Waals surface area contributed by atoms with Crippen LogP contribution in [0.5, 0.6) is 0 Å². The molecular weight excluding hydrogens is 334 g/mol. The highest BCUT2D eigenvalue weighted by molar-refractivity contribution is 6.08. The number of allylic oxidation sites excluding steroid dienone is 2. The van der Waals surface area contributed by atoms with Crippen molar-refractivity contribution in [3.63, 3.8) is 0 Å². The summed E-state index contributed by atoms with van der Waals surface area (Å²) in [6, 6.07) is 8.67. The first-order chi connectivity index (χ1) is 13.3. The van der Waals surface area contributed by atoms with E-state index in [9.17, 15) is 4.79 Å². The van der Waals surface area contributed by atoms with Crippen LogP contribution in [0, 0.1) is 0 Å². The lowest BCUT2D eigenvalue weighted by atomic mass is 9.81. The molecule has 2 heterocycles. The predicted octanol–water partition coefficient (Wildman–Crippen LogP) is 4.80. The summed E-state index contributed by atoms with van der Waals surface area (Å²) in [5.41, 5.74) is 5.14. The van der Waals surface area contributed by atoms with Crippen molar-refractivity contribution < 1.29 is 4.79 Å². The van der Waals surface area contributed by atoms with Gasteiger partial charge >= 0.3 is 0 Å². The molecule has 0 amide bonds. The third kappa shape index (κ3) is 4.21. The zero-order valence-corrected chi connectivity index (χ0v) is 15.6. The van der Waals surface area contributed by atoms with Crippen LogP contribution in [0.4, 0.5) is 0 Å². The van der Waals surface area contributed by atoms with E-state index in [4.69, 9.17) is 0 Å². The van der Waals surface area contributed by atoms with E-state index in [2.05, 4.69) is 39.2 Å². The standard InChI is InChI=1S/C23H25N3O/c27-23(22-12-11-21(26-22)19-14-24-16-25-15-19)13-10-18-8-4-5-9-20(18)17-6-2-1-3-7-17/h4-5,8-9,12,14-17H,1-3,6-7,10-11,13H2. The molecule has 0 atom stereocenters. The molecule has 0 N–H and O–H groups in total. The maximum atomic E-state index is 12.7. The SMILES string of the molecule is O=C(CCc1ccccc1C1CCCCC1)C1=CCC(c2cncnc2)=N1. The summed E-state index contributed by atoms with van der Waals surface area (Å²) in [5, 5.41) is 0. The van der Waals surface area contributed by atoms with Gasteiger partial charge in [0.25, 0.3) is 0 Å². The Kier molecular flexibility index (Phi) is 5.52. The maximum Gasteiger partial charge on any atom is 0.181 e. The first kappa shape index (κ1) is 17.8. The Labute approximate surface area is 160 Å². The van der Waals surface area contributed by atoms with E-state index in [1.165, 1.54) is 49.6 Å². The van der Waals surface area contributed by atoms with Crippen LogP contribution in [-0.2, 0) is 11.2 Å². The van der Waals surface area contributed by atoms with E-state index in [1.807, 2.05) is 6.08 Å². The van der Waals surface area contributed by atoms with E-state index in [0.29, 0.717) is 24.5 Å². The Morgan fingerprint density at radius 3 is 2.63 bits per heavy atom. The van der Waals surface area contributed by atoms with Crippen LogP contribution in [0.25, 0.3) is 0 Å². The van der Waals surface area contributed by atoms with Crippen molar-refractivity contribution in [3.8, 4) is 0 Å². The summed E-state index contributed by atoms with van der Waals surface area (Å²) in [7, 11) is 0. The van der Waals surface area contributed by atoms with E-state index in [0.717, 1.165) is 17.7 Å². The molecule has 27 heavy (non-hydrogen) atoms. The van der Waals surface area contributed by atoms with Crippen LogP contribution in [-0.4, -0.2) is 21.5 Å². The van der Waals surface area contributed by atoms with Crippen LogP contribution >= 0.6 is 0 Å². The van der Waals surface area contributed by atoms with Crippen molar-refractivity contribution in [2.45, 2.75) is 57.3 Å². The van der Waals surface area contributed by atoms with Gasteiger partial charge in [-0.1, -0.05) is 43.5 Å². The lowest BCUT2D eigenvalue weighted by molar-refractivity contribution is -0.115. The maximum absolute atomic E-state index is 12.7. The average molecular weight is 359 g/mol. The molecule has 0 saturated heterocycles. The summed E-state index contributed by atoms with van der Waals surface area (Å²) < 4.78 is 0. The van der Waals surface area contributed by atoms with Crippen molar-refractivity contribution in [1.82, 2.24) is 9.97 Å². The molecule has 1 aliphatic carbocycles. The van der Waals surface area contributed by atoms with E-state index in [-0.39, 0.29) is 5.78 Å². The highest BCUT2D eigenvalue weighted by atomic mass is 16.1. The van der Waals surface area contributed by atoms with Crippen molar-refractivity contribution in [3.05, 3.63) is 71.4 Å². The number of ketones is 1. The summed E-state index contributed by atoms with van der Waals surface area (Å²) in [4.78, 5) is 25.3. The number of Topliss-reactive ketones (excluding diaryl/α,β-unsaturated/α-hetero) is 1. The van der Waals surface area contributed by atoms with Gasteiger partial charge in [-0.15, -0.1) is 0 Å². The second-order valence-electron chi connectivity index (χ2n) is 7.44. The minimum atomic E-state index is 0.125. The fourth-order valence-electron chi connectivity index (χ4n) is 4.19. The number of carbonyl (C=O) groups is 1. The summed E-state index contributed by atoms with van der Waals surface area (Å²) in [6.07, 6.45) is 15.5. The quantitative estimate of drug-likeness (QED) is 0.744. The van der Waals surface area contributed by atoms with Crippen molar-refractivity contribution in [2.24, 2.45) is 4.99 Å². The number of rotatable bonds is 6. The molecule has 1 aromatic carbocycles. The molecule has 1 aliphatic heterocycles. The van der Waals surface area contributed by atoms with Crippen LogP contribution < -0.4 is 0 Å². The Hall–Kier alpha value is -2.62. The fourth-order valence-corrected chi connectivity index (χ4v) is 4.19. The smallest absolute Gasteiger partial charge is 0.181 e.